The summed E-state index contributed by atoms with van der Waals surface area (Å²) in [6.45, 7) is 5.03. The first-order valence-corrected chi connectivity index (χ1v) is 11.6. The lowest BCUT2D eigenvalue weighted by atomic mass is 10.1. The van der Waals surface area contributed by atoms with Crippen LogP contribution in [0.1, 0.15) is 18.4 Å². The number of hydrogen-bond donors (Lipinski definition) is 4. The molecule has 4 N–H and O–H groups in total. The Hall–Kier alpha value is -3.63. The van der Waals surface area contributed by atoms with Crippen LogP contribution in [-0.4, -0.2) is 62.0 Å². The number of H-pyrrole nitrogens is 1. The summed E-state index contributed by atoms with van der Waals surface area (Å²) in [7, 11) is 0. The standard InChI is InChI=1S/C24H26FN9/c25-21-22(28-14-29-23(21)30-17-2-3-17)16-1-4-18-19(12-16)32-24(31-18)33-20-11-15(5-6-27-20)13-34-9-7-26-8-10-34/h1,4-6,11-12,14,17,26H,2-3,7-10,13H2,(H,28,29,30)(H2,27,31,32,33). The van der Waals surface area contributed by atoms with Crippen LogP contribution in [0.2, 0.25) is 0 Å². The molecule has 10 heteroatoms. The van der Waals surface area contributed by atoms with Crippen molar-refractivity contribution in [1.29, 1.82) is 0 Å². The third-order valence-electron chi connectivity index (χ3n) is 6.15. The second-order valence-corrected chi connectivity index (χ2v) is 8.82. The first-order valence-electron chi connectivity index (χ1n) is 11.6. The Kier molecular flexibility index (Phi) is 5.52. The van der Waals surface area contributed by atoms with E-state index in [0.717, 1.165) is 62.4 Å². The van der Waals surface area contributed by atoms with E-state index in [1.54, 1.807) is 0 Å². The second-order valence-electron chi connectivity index (χ2n) is 8.82. The van der Waals surface area contributed by atoms with Crippen LogP contribution in [0, 0.1) is 5.82 Å². The van der Waals surface area contributed by atoms with Crippen molar-refractivity contribution in [3.05, 3.63) is 54.2 Å². The van der Waals surface area contributed by atoms with Gasteiger partial charge in [0.25, 0.3) is 0 Å². The van der Waals surface area contributed by atoms with Crippen LogP contribution in [0.3, 0.4) is 0 Å². The Balaban J connectivity index is 1.21. The summed E-state index contributed by atoms with van der Waals surface area (Å²) in [6.07, 6.45) is 5.29. The summed E-state index contributed by atoms with van der Waals surface area (Å²) in [6, 6.07) is 9.94. The number of hydrogen-bond acceptors (Lipinski definition) is 8. The molecule has 9 nitrogen and oxygen atoms in total. The molecular formula is C24H26FN9. The van der Waals surface area contributed by atoms with Crippen LogP contribution in [0.15, 0.2) is 42.9 Å². The van der Waals surface area contributed by atoms with Gasteiger partial charge in [-0.25, -0.2) is 24.3 Å². The van der Waals surface area contributed by atoms with Gasteiger partial charge >= 0.3 is 0 Å². The van der Waals surface area contributed by atoms with Gasteiger partial charge in [-0.2, -0.15) is 0 Å². The maximum Gasteiger partial charge on any atom is 0.206 e. The molecule has 0 spiro atoms. The van der Waals surface area contributed by atoms with Gasteiger partial charge in [-0.15, -0.1) is 0 Å². The number of aromatic nitrogens is 5. The van der Waals surface area contributed by atoms with E-state index < -0.39 is 5.82 Å². The monoisotopic (exact) mass is 459 g/mol. The summed E-state index contributed by atoms with van der Waals surface area (Å²) < 4.78 is 15.0. The molecule has 1 aliphatic heterocycles. The molecule has 1 saturated heterocycles. The summed E-state index contributed by atoms with van der Waals surface area (Å²) in [5.74, 6) is 1.13. The van der Waals surface area contributed by atoms with E-state index >= 15 is 4.39 Å². The van der Waals surface area contributed by atoms with E-state index in [4.69, 9.17) is 0 Å². The van der Waals surface area contributed by atoms with E-state index in [0.29, 0.717) is 17.6 Å². The number of anilines is 3. The lowest BCUT2D eigenvalue weighted by molar-refractivity contribution is 0.233. The smallest absolute Gasteiger partial charge is 0.206 e. The molecule has 174 valence electrons. The van der Waals surface area contributed by atoms with Crippen molar-refractivity contribution in [3.8, 4) is 11.3 Å². The molecule has 3 aromatic heterocycles. The van der Waals surface area contributed by atoms with Gasteiger partial charge in [0.15, 0.2) is 11.6 Å². The number of pyridine rings is 1. The number of imidazole rings is 1. The fourth-order valence-electron chi connectivity index (χ4n) is 4.20. The zero-order chi connectivity index (χ0) is 22.9. The van der Waals surface area contributed by atoms with Crippen LogP contribution < -0.4 is 16.0 Å². The van der Waals surface area contributed by atoms with E-state index in [1.807, 2.05) is 36.5 Å². The molecule has 4 aromatic rings. The van der Waals surface area contributed by atoms with Crippen molar-refractivity contribution in [2.45, 2.75) is 25.4 Å². The molecule has 0 amide bonds. The Morgan fingerprint density at radius 2 is 1.94 bits per heavy atom. The first kappa shape index (κ1) is 20.9. The molecule has 1 aromatic carbocycles. The number of rotatable bonds is 7. The first-order chi connectivity index (χ1) is 16.7. The van der Waals surface area contributed by atoms with E-state index in [1.165, 1.54) is 11.9 Å². The highest BCUT2D eigenvalue weighted by atomic mass is 19.1. The van der Waals surface area contributed by atoms with Crippen LogP contribution >= 0.6 is 0 Å². The van der Waals surface area contributed by atoms with Crippen LogP contribution in [0.4, 0.5) is 22.0 Å². The lowest BCUT2D eigenvalue weighted by Gasteiger charge is -2.27. The minimum atomic E-state index is -0.433. The molecule has 2 aliphatic rings. The molecule has 1 saturated carbocycles. The van der Waals surface area contributed by atoms with E-state index in [9.17, 15) is 0 Å². The van der Waals surface area contributed by atoms with Gasteiger partial charge in [-0.05, 0) is 42.7 Å². The Morgan fingerprint density at radius 1 is 1.06 bits per heavy atom. The highest BCUT2D eigenvalue weighted by Gasteiger charge is 2.24. The molecule has 34 heavy (non-hydrogen) atoms. The molecule has 6 rings (SSSR count). The number of piperazine rings is 1. The zero-order valence-corrected chi connectivity index (χ0v) is 18.7. The van der Waals surface area contributed by atoms with Crippen LogP contribution in [-0.2, 0) is 6.54 Å². The highest BCUT2D eigenvalue weighted by Crippen LogP contribution is 2.30. The second kappa shape index (κ2) is 8.96. The van der Waals surface area contributed by atoms with Gasteiger partial charge in [-0.3, -0.25) is 4.90 Å². The van der Waals surface area contributed by atoms with Crippen molar-refractivity contribution in [3.63, 3.8) is 0 Å². The quantitative estimate of drug-likeness (QED) is 0.334. The van der Waals surface area contributed by atoms with Crippen molar-refractivity contribution in [2.24, 2.45) is 0 Å². The van der Waals surface area contributed by atoms with Crippen molar-refractivity contribution in [1.82, 2.24) is 35.1 Å². The predicted octanol–water partition coefficient (Wildman–Crippen LogP) is 3.28. The molecule has 2 fully saturated rings. The number of fused-ring (bicyclic) bond motifs is 1. The molecule has 0 unspecified atom stereocenters. The lowest BCUT2D eigenvalue weighted by Crippen LogP contribution is -2.42. The number of halogens is 1. The maximum atomic E-state index is 15.0. The summed E-state index contributed by atoms with van der Waals surface area (Å²) in [5, 5.41) is 9.76. The highest BCUT2D eigenvalue weighted by molar-refractivity contribution is 5.83. The van der Waals surface area contributed by atoms with Crippen molar-refractivity contribution in [2.75, 3.05) is 36.8 Å². The largest absolute Gasteiger partial charge is 0.365 e. The number of aromatic amines is 1. The zero-order valence-electron chi connectivity index (χ0n) is 18.7. The summed E-state index contributed by atoms with van der Waals surface area (Å²) >= 11 is 0. The Bertz CT molecular complexity index is 1310. The minimum Gasteiger partial charge on any atom is -0.365 e. The predicted molar refractivity (Wildman–Crippen MR) is 129 cm³/mol. The van der Waals surface area contributed by atoms with E-state index in [2.05, 4.69) is 45.8 Å². The fourth-order valence-corrected chi connectivity index (χ4v) is 4.20. The van der Waals surface area contributed by atoms with Gasteiger partial charge in [0.1, 0.15) is 17.8 Å². The molecule has 0 bridgehead atoms. The van der Waals surface area contributed by atoms with Gasteiger partial charge in [0.2, 0.25) is 5.95 Å². The fraction of sp³-hybridized carbons (Fsp3) is 0.333. The average Bonchev–Trinajstić information content (AvgIpc) is 3.58. The summed E-state index contributed by atoms with van der Waals surface area (Å²) in [4.78, 5) is 23.0. The van der Waals surface area contributed by atoms with Gasteiger partial charge in [-0.1, -0.05) is 6.07 Å². The molecule has 0 radical (unpaired) electrons. The Labute approximate surface area is 196 Å². The molecular weight excluding hydrogens is 433 g/mol. The van der Waals surface area contributed by atoms with Gasteiger partial charge < -0.3 is 20.9 Å². The number of nitrogens with zero attached hydrogens (tertiary/aromatic N) is 5. The number of benzene rings is 1. The summed E-state index contributed by atoms with van der Waals surface area (Å²) in [5.41, 5.74) is 3.69. The molecule has 0 atom stereocenters. The van der Waals surface area contributed by atoms with E-state index in [-0.39, 0.29) is 11.5 Å². The third-order valence-corrected chi connectivity index (χ3v) is 6.15. The SMILES string of the molecule is Fc1c(NC2CC2)ncnc1-c1ccc2nc(Nc3cc(CN4CCNCC4)ccn3)[nH]c2c1. The van der Waals surface area contributed by atoms with Crippen molar-refractivity contribution >= 4 is 28.6 Å². The van der Waals surface area contributed by atoms with Crippen LogP contribution in [0.5, 0.6) is 0 Å². The molecule has 4 heterocycles. The molecule has 1 aliphatic carbocycles. The van der Waals surface area contributed by atoms with Crippen LogP contribution in [0.25, 0.3) is 22.3 Å². The topological polar surface area (TPSA) is 107 Å². The van der Waals surface area contributed by atoms with Gasteiger partial charge in [0.05, 0.1) is 11.0 Å². The minimum absolute atomic E-state index is 0.256. The average molecular weight is 460 g/mol. The number of nitrogens with one attached hydrogen (secondary N) is 4. The van der Waals surface area contributed by atoms with Gasteiger partial charge in [0, 0.05) is 50.5 Å². The Morgan fingerprint density at radius 3 is 2.79 bits per heavy atom. The maximum absolute atomic E-state index is 15.0. The third kappa shape index (κ3) is 4.55. The van der Waals surface area contributed by atoms with Crippen molar-refractivity contribution < 1.29 is 4.39 Å². The normalized spacial score (nSPS) is 16.6.